The Hall–Kier alpha value is -2.37. The van der Waals surface area contributed by atoms with Crippen LogP contribution in [0, 0.1) is 5.92 Å². The number of carbonyl (C=O) groups excluding carboxylic acids is 1. The predicted octanol–water partition coefficient (Wildman–Crippen LogP) is 6.47. The summed E-state index contributed by atoms with van der Waals surface area (Å²) in [7, 11) is 0. The number of carbonyl (C=O) groups is 1. The van der Waals surface area contributed by atoms with E-state index in [0.29, 0.717) is 18.0 Å². The van der Waals surface area contributed by atoms with Gasteiger partial charge in [-0.25, -0.2) is 4.99 Å². The van der Waals surface area contributed by atoms with Crippen LogP contribution < -0.4 is 5.32 Å². The first-order chi connectivity index (χ1) is 14.0. The first-order valence-electron chi connectivity index (χ1n) is 9.55. The van der Waals surface area contributed by atoms with Crippen molar-refractivity contribution in [2.24, 2.45) is 10.9 Å². The summed E-state index contributed by atoms with van der Waals surface area (Å²) in [5.41, 5.74) is 4.51. The fraction of sp³-hybridized carbons (Fsp3) is 0.167. The van der Waals surface area contributed by atoms with Crippen molar-refractivity contribution in [3.8, 4) is 0 Å². The normalized spacial score (nSPS) is 12.6. The molecule has 0 atom stereocenters. The van der Waals surface area contributed by atoms with Crippen LogP contribution >= 0.6 is 27.7 Å². The van der Waals surface area contributed by atoms with E-state index < -0.39 is 0 Å². The Balaban J connectivity index is 1.80. The lowest BCUT2D eigenvalue weighted by Gasteiger charge is -2.09. The van der Waals surface area contributed by atoms with E-state index in [1.165, 1.54) is 0 Å². The number of hydrogen-bond acceptors (Lipinski definition) is 3. The molecule has 1 amide bonds. The number of aliphatic imine (C=N–C) groups is 1. The number of nitrogens with zero attached hydrogens (tertiary/aromatic N) is 1. The maximum absolute atomic E-state index is 12.6. The third-order valence-electron chi connectivity index (χ3n) is 4.60. The molecule has 0 spiro atoms. The molecule has 0 saturated heterocycles. The fourth-order valence-corrected chi connectivity index (χ4v) is 4.38. The van der Waals surface area contributed by atoms with E-state index >= 15 is 0 Å². The van der Waals surface area contributed by atoms with Crippen LogP contribution in [0.2, 0.25) is 0 Å². The monoisotopic (exact) mass is 464 g/mol. The average Bonchev–Trinajstić information content (AvgIpc) is 2.88. The molecular formula is C24H21BrN2OS. The first kappa shape index (κ1) is 19.9. The van der Waals surface area contributed by atoms with Gasteiger partial charge in [0.1, 0.15) is 0 Å². The zero-order valence-electron chi connectivity index (χ0n) is 16.3. The van der Waals surface area contributed by atoms with Gasteiger partial charge >= 0.3 is 0 Å². The Morgan fingerprint density at radius 1 is 1.03 bits per heavy atom. The quantitative estimate of drug-likeness (QED) is 0.375. The van der Waals surface area contributed by atoms with Crippen LogP contribution in [-0.2, 0) is 0 Å². The van der Waals surface area contributed by atoms with Crippen LogP contribution in [0.5, 0.6) is 0 Å². The molecule has 0 radical (unpaired) electrons. The summed E-state index contributed by atoms with van der Waals surface area (Å²) in [6.07, 6.45) is 0. The Morgan fingerprint density at radius 2 is 1.79 bits per heavy atom. The minimum atomic E-state index is -0.0614. The van der Waals surface area contributed by atoms with Crippen LogP contribution in [-0.4, -0.2) is 18.2 Å². The Morgan fingerprint density at radius 3 is 2.55 bits per heavy atom. The van der Waals surface area contributed by atoms with Crippen LogP contribution in [0.3, 0.4) is 0 Å². The van der Waals surface area contributed by atoms with E-state index in [9.17, 15) is 4.79 Å². The lowest BCUT2D eigenvalue weighted by molar-refractivity contribution is 0.0949. The summed E-state index contributed by atoms with van der Waals surface area (Å²) in [6, 6.07) is 22.2. The van der Waals surface area contributed by atoms with Gasteiger partial charge in [-0.3, -0.25) is 4.79 Å². The van der Waals surface area contributed by atoms with Crippen molar-refractivity contribution in [2.45, 2.75) is 23.6 Å². The molecule has 3 nitrogen and oxygen atoms in total. The van der Waals surface area contributed by atoms with Gasteiger partial charge in [-0.1, -0.05) is 71.9 Å². The van der Waals surface area contributed by atoms with Gasteiger partial charge in [0.25, 0.3) is 5.91 Å². The summed E-state index contributed by atoms with van der Waals surface area (Å²) < 4.78 is 1.03. The Kier molecular flexibility index (Phi) is 5.88. The molecule has 29 heavy (non-hydrogen) atoms. The standard InChI is InChI=1S/C24H21BrN2OS/c1-15(2)14-26-24(28)17-9-12-22-20(13-17)27-23(16-7-10-18(25)11-8-16)19-5-3-4-6-21(19)29-22/h3-13,15H,14H2,1-2H3,(H,26,28). The molecule has 0 fully saturated rings. The van der Waals surface area contributed by atoms with Gasteiger partial charge in [0.2, 0.25) is 0 Å². The van der Waals surface area contributed by atoms with Crippen molar-refractivity contribution in [1.82, 2.24) is 5.32 Å². The molecule has 0 bridgehead atoms. The third-order valence-corrected chi connectivity index (χ3v) is 6.27. The van der Waals surface area contributed by atoms with Crippen molar-refractivity contribution < 1.29 is 4.79 Å². The highest BCUT2D eigenvalue weighted by Crippen LogP contribution is 2.41. The predicted molar refractivity (Wildman–Crippen MR) is 124 cm³/mol. The summed E-state index contributed by atoms with van der Waals surface area (Å²) in [5.74, 6) is 0.348. The minimum Gasteiger partial charge on any atom is -0.352 e. The van der Waals surface area contributed by atoms with Crippen molar-refractivity contribution in [3.05, 3.63) is 87.9 Å². The van der Waals surface area contributed by atoms with Crippen molar-refractivity contribution in [3.63, 3.8) is 0 Å². The highest BCUT2D eigenvalue weighted by molar-refractivity contribution is 9.10. The largest absolute Gasteiger partial charge is 0.352 e. The number of halogens is 1. The van der Waals surface area contributed by atoms with Gasteiger partial charge in [-0.2, -0.15) is 0 Å². The van der Waals surface area contributed by atoms with Crippen LogP contribution in [0.15, 0.2) is 86.0 Å². The van der Waals surface area contributed by atoms with Crippen LogP contribution in [0.1, 0.15) is 35.3 Å². The number of nitrogens with one attached hydrogen (secondary N) is 1. The van der Waals surface area contributed by atoms with Crippen LogP contribution in [0.25, 0.3) is 0 Å². The topological polar surface area (TPSA) is 41.5 Å². The van der Waals surface area contributed by atoms with Gasteiger partial charge < -0.3 is 5.32 Å². The molecule has 0 unspecified atom stereocenters. The maximum atomic E-state index is 12.6. The van der Waals surface area contributed by atoms with Gasteiger partial charge in [-0.05, 0) is 42.3 Å². The number of amides is 1. The van der Waals surface area contributed by atoms with E-state index in [1.807, 2.05) is 42.5 Å². The molecule has 3 aromatic rings. The van der Waals surface area contributed by atoms with E-state index in [-0.39, 0.29) is 5.91 Å². The summed E-state index contributed by atoms with van der Waals surface area (Å²) >= 11 is 5.19. The van der Waals surface area contributed by atoms with Gasteiger partial charge in [0, 0.05) is 37.5 Å². The second-order valence-electron chi connectivity index (χ2n) is 7.35. The second kappa shape index (κ2) is 8.56. The highest BCUT2D eigenvalue weighted by Gasteiger charge is 2.20. The molecule has 3 aromatic carbocycles. The number of rotatable bonds is 4. The van der Waals surface area contributed by atoms with Gasteiger partial charge in [0.05, 0.1) is 11.4 Å². The first-order valence-corrected chi connectivity index (χ1v) is 11.2. The summed E-state index contributed by atoms with van der Waals surface area (Å²) in [6.45, 7) is 4.82. The SMILES string of the molecule is CC(C)CNC(=O)c1ccc2c(c1)N=C(c1ccc(Br)cc1)c1ccccc1S2. The molecule has 4 rings (SSSR count). The molecule has 1 N–H and O–H groups in total. The van der Waals surface area contributed by atoms with E-state index in [1.54, 1.807) is 11.8 Å². The van der Waals surface area contributed by atoms with E-state index in [2.05, 4.69) is 59.4 Å². The summed E-state index contributed by atoms with van der Waals surface area (Å²) in [5, 5.41) is 2.99. The number of hydrogen-bond donors (Lipinski definition) is 1. The molecule has 5 heteroatoms. The molecule has 146 valence electrons. The molecule has 0 aliphatic carbocycles. The average molecular weight is 465 g/mol. The lowest BCUT2D eigenvalue weighted by atomic mass is 10.0. The third kappa shape index (κ3) is 4.46. The number of benzene rings is 3. The fourth-order valence-electron chi connectivity index (χ4n) is 3.11. The maximum Gasteiger partial charge on any atom is 0.251 e. The molecule has 0 aromatic heterocycles. The van der Waals surface area contributed by atoms with Gasteiger partial charge in [-0.15, -0.1) is 0 Å². The Bertz CT molecular complexity index is 1090. The molecular weight excluding hydrogens is 444 g/mol. The smallest absolute Gasteiger partial charge is 0.251 e. The molecule has 1 heterocycles. The van der Waals surface area contributed by atoms with Crippen molar-refractivity contribution in [1.29, 1.82) is 0 Å². The molecule has 1 aliphatic heterocycles. The zero-order chi connectivity index (χ0) is 20.4. The number of fused-ring (bicyclic) bond motifs is 2. The summed E-state index contributed by atoms with van der Waals surface area (Å²) in [4.78, 5) is 19.8. The molecule has 1 aliphatic rings. The van der Waals surface area contributed by atoms with Gasteiger partial charge in [0.15, 0.2) is 0 Å². The highest BCUT2D eigenvalue weighted by atomic mass is 79.9. The van der Waals surface area contributed by atoms with Crippen molar-refractivity contribution in [2.75, 3.05) is 6.54 Å². The minimum absolute atomic E-state index is 0.0614. The van der Waals surface area contributed by atoms with E-state index in [4.69, 9.17) is 4.99 Å². The Labute approximate surface area is 183 Å². The second-order valence-corrected chi connectivity index (χ2v) is 9.35. The van der Waals surface area contributed by atoms with E-state index in [0.717, 1.165) is 36.8 Å². The van der Waals surface area contributed by atoms with Crippen molar-refractivity contribution >= 4 is 45.0 Å². The molecule has 0 saturated carbocycles. The zero-order valence-corrected chi connectivity index (χ0v) is 18.7. The lowest BCUT2D eigenvalue weighted by Crippen LogP contribution is -2.27. The van der Waals surface area contributed by atoms with Crippen LogP contribution in [0.4, 0.5) is 5.69 Å².